The zero-order valence-corrected chi connectivity index (χ0v) is 18.7. The van der Waals surface area contributed by atoms with Gasteiger partial charge in [0.05, 0.1) is 22.3 Å². The first kappa shape index (κ1) is 21.2. The van der Waals surface area contributed by atoms with Crippen molar-refractivity contribution in [3.63, 3.8) is 0 Å². The van der Waals surface area contributed by atoms with E-state index in [-0.39, 0.29) is 21.5 Å². The summed E-state index contributed by atoms with van der Waals surface area (Å²) < 4.78 is 29.6. The Bertz CT molecular complexity index is 1150. The predicted octanol–water partition coefficient (Wildman–Crippen LogP) is 4.97. The molecule has 0 unspecified atom stereocenters. The number of anilines is 1. The summed E-state index contributed by atoms with van der Waals surface area (Å²) in [7, 11) is -3.90. The van der Waals surface area contributed by atoms with Crippen molar-refractivity contribution < 1.29 is 13.2 Å². The van der Waals surface area contributed by atoms with Gasteiger partial charge in [-0.05, 0) is 49.6 Å². The summed E-state index contributed by atoms with van der Waals surface area (Å²) in [5.74, 6) is 0.0824. The van der Waals surface area contributed by atoms with Gasteiger partial charge in [0.2, 0.25) is 0 Å². The average Bonchev–Trinajstić information content (AvgIpc) is 2.92. The maximum Gasteiger partial charge on any atom is 0.286 e. The average molecular weight is 466 g/mol. The molecule has 0 spiro atoms. The Morgan fingerprint density at radius 1 is 1.17 bits per heavy atom. The molecule has 1 atom stereocenters. The van der Waals surface area contributed by atoms with Crippen LogP contribution < -0.4 is 10.2 Å². The van der Waals surface area contributed by atoms with Gasteiger partial charge in [-0.15, -0.1) is 4.40 Å². The number of nitrogens with zero attached hydrogens (tertiary/aromatic N) is 2. The predicted molar refractivity (Wildman–Crippen MR) is 119 cm³/mol. The smallest absolute Gasteiger partial charge is 0.286 e. The number of sulfonamides is 1. The summed E-state index contributed by atoms with van der Waals surface area (Å²) in [6.07, 6.45) is 3.46. The number of carbonyl (C=O) groups is 1. The van der Waals surface area contributed by atoms with Crippen molar-refractivity contribution in [1.82, 2.24) is 5.32 Å². The molecule has 4 rings (SSSR count). The van der Waals surface area contributed by atoms with E-state index in [1.54, 1.807) is 24.3 Å². The van der Waals surface area contributed by atoms with E-state index in [9.17, 15) is 13.2 Å². The van der Waals surface area contributed by atoms with Crippen LogP contribution in [0.1, 0.15) is 54.6 Å². The van der Waals surface area contributed by atoms with Crippen LogP contribution in [0.2, 0.25) is 10.0 Å². The van der Waals surface area contributed by atoms with Crippen LogP contribution in [0, 0.1) is 0 Å². The van der Waals surface area contributed by atoms with Crippen molar-refractivity contribution in [2.24, 2.45) is 4.40 Å². The molecule has 2 aromatic rings. The zero-order chi connectivity index (χ0) is 21.5. The Balaban J connectivity index is 1.68. The van der Waals surface area contributed by atoms with Crippen LogP contribution >= 0.6 is 23.2 Å². The highest BCUT2D eigenvalue weighted by atomic mass is 35.5. The van der Waals surface area contributed by atoms with Gasteiger partial charge in [-0.3, -0.25) is 4.79 Å². The quantitative estimate of drug-likeness (QED) is 0.693. The highest BCUT2D eigenvalue weighted by Gasteiger charge is 2.33. The minimum atomic E-state index is -3.90. The number of benzene rings is 2. The Kier molecular flexibility index (Phi) is 5.79. The third kappa shape index (κ3) is 4.06. The van der Waals surface area contributed by atoms with Gasteiger partial charge in [0, 0.05) is 18.0 Å². The first-order chi connectivity index (χ1) is 14.3. The van der Waals surface area contributed by atoms with Gasteiger partial charge >= 0.3 is 0 Å². The lowest BCUT2D eigenvalue weighted by molar-refractivity contribution is 0.0940. The number of hydrogen-bond donors (Lipinski definition) is 1. The Morgan fingerprint density at radius 2 is 1.97 bits per heavy atom. The lowest BCUT2D eigenvalue weighted by atomic mass is 10.1. The standard InChI is InChI=1S/C21H21Cl2N3O3S/c1-13(14-6-5-7-15(22)10-14)24-21(27)16-11-19-18(12-17(16)23)26-9-4-2-3-8-20(26)25-30(19,28)29/h5-7,10-13H,2-4,8-9H2,1H3,(H,24,27)/t13-/m1/s1. The molecule has 9 heteroatoms. The summed E-state index contributed by atoms with van der Waals surface area (Å²) >= 11 is 12.5. The van der Waals surface area contributed by atoms with Crippen LogP contribution in [0.15, 0.2) is 45.7 Å². The SMILES string of the molecule is C[C@@H](NC(=O)c1cc2c(cc1Cl)N1CCCCCC1=NS2(=O)=O)c1cccc(Cl)c1. The maximum absolute atomic E-state index is 12.9. The molecule has 1 fully saturated rings. The number of nitrogens with one attached hydrogen (secondary N) is 1. The number of amidine groups is 1. The maximum atomic E-state index is 12.9. The van der Waals surface area contributed by atoms with E-state index < -0.39 is 15.9 Å². The summed E-state index contributed by atoms with van der Waals surface area (Å²) in [5.41, 5.74) is 1.42. The van der Waals surface area contributed by atoms with Crippen molar-refractivity contribution >= 4 is 50.7 Å². The molecule has 2 aliphatic heterocycles. The zero-order valence-electron chi connectivity index (χ0n) is 16.4. The number of halogens is 2. The van der Waals surface area contributed by atoms with Gasteiger partial charge in [0.15, 0.2) is 0 Å². The van der Waals surface area contributed by atoms with Gasteiger partial charge in [-0.2, -0.15) is 8.42 Å². The molecule has 158 valence electrons. The normalized spacial score (nSPS) is 18.5. The van der Waals surface area contributed by atoms with Crippen LogP contribution in [0.25, 0.3) is 0 Å². The molecular weight excluding hydrogens is 445 g/mol. The minimum Gasteiger partial charge on any atom is -0.345 e. The van der Waals surface area contributed by atoms with Crippen molar-refractivity contribution in [3.8, 4) is 0 Å². The molecule has 2 aromatic carbocycles. The molecule has 30 heavy (non-hydrogen) atoms. The van der Waals surface area contributed by atoms with Crippen molar-refractivity contribution in [3.05, 3.63) is 57.6 Å². The van der Waals surface area contributed by atoms with Crippen LogP contribution in [-0.4, -0.2) is 26.7 Å². The second-order valence-electron chi connectivity index (χ2n) is 7.49. The molecule has 2 aliphatic rings. The van der Waals surface area contributed by atoms with E-state index in [0.717, 1.165) is 24.8 Å². The first-order valence-electron chi connectivity index (χ1n) is 9.77. The lowest BCUT2D eigenvalue weighted by Gasteiger charge is -2.30. The van der Waals surface area contributed by atoms with Gasteiger partial charge < -0.3 is 10.2 Å². The number of amides is 1. The van der Waals surface area contributed by atoms with Gasteiger partial charge in [0.25, 0.3) is 15.9 Å². The Morgan fingerprint density at radius 3 is 2.73 bits per heavy atom. The van der Waals surface area contributed by atoms with Crippen LogP contribution in [0.5, 0.6) is 0 Å². The first-order valence-corrected chi connectivity index (χ1v) is 12.0. The fourth-order valence-corrected chi connectivity index (χ4v) is 5.51. The third-order valence-electron chi connectivity index (χ3n) is 5.38. The molecule has 6 nitrogen and oxygen atoms in total. The molecule has 0 saturated carbocycles. The van der Waals surface area contributed by atoms with Crippen LogP contribution in [0.3, 0.4) is 0 Å². The highest BCUT2D eigenvalue weighted by molar-refractivity contribution is 7.90. The summed E-state index contributed by atoms with van der Waals surface area (Å²) in [6.45, 7) is 2.50. The van der Waals surface area contributed by atoms with E-state index in [2.05, 4.69) is 9.71 Å². The van der Waals surface area contributed by atoms with Crippen molar-refractivity contribution in [2.75, 3.05) is 11.4 Å². The monoisotopic (exact) mass is 465 g/mol. The minimum absolute atomic E-state index is 0.0121. The van der Waals surface area contributed by atoms with Crippen LogP contribution in [0.4, 0.5) is 5.69 Å². The number of hydrogen-bond acceptors (Lipinski definition) is 4. The summed E-state index contributed by atoms with van der Waals surface area (Å²) in [6, 6.07) is 9.73. The van der Waals surface area contributed by atoms with Gasteiger partial charge in [0.1, 0.15) is 10.7 Å². The summed E-state index contributed by atoms with van der Waals surface area (Å²) in [5, 5.41) is 3.62. The molecule has 0 aliphatic carbocycles. The van der Waals surface area contributed by atoms with E-state index in [4.69, 9.17) is 23.2 Å². The molecule has 1 amide bonds. The number of fused-ring (bicyclic) bond motifs is 3. The Hall–Kier alpha value is -2.09. The van der Waals surface area contributed by atoms with E-state index in [1.807, 2.05) is 17.9 Å². The molecule has 1 N–H and O–H groups in total. The number of rotatable bonds is 3. The Labute approximate surface area is 185 Å². The topological polar surface area (TPSA) is 78.8 Å². The number of carbonyl (C=O) groups excluding carboxylic acids is 1. The van der Waals surface area contributed by atoms with Crippen LogP contribution in [-0.2, 0) is 10.0 Å². The fraction of sp³-hybridized carbons (Fsp3) is 0.333. The second-order valence-corrected chi connectivity index (χ2v) is 9.91. The van der Waals surface area contributed by atoms with Crippen molar-refractivity contribution in [2.45, 2.75) is 43.5 Å². The fourth-order valence-electron chi connectivity index (χ4n) is 3.80. The molecule has 2 heterocycles. The van der Waals surface area contributed by atoms with E-state index in [0.29, 0.717) is 29.5 Å². The second kappa shape index (κ2) is 8.21. The van der Waals surface area contributed by atoms with Crippen molar-refractivity contribution in [1.29, 1.82) is 0 Å². The third-order valence-corrected chi connectivity index (χ3v) is 7.26. The molecule has 1 saturated heterocycles. The molecule has 0 radical (unpaired) electrons. The summed E-state index contributed by atoms with van der Waals surface area (Å²) in [4.78, 5) is 14.8. The molecular formula is C21H21Cl2N3O3S. The lowest BCUT2D eigenvalue weighted by Crippen LogP contribution is -2.35. The van der Waals surface area contributed by atoms with Gasteiger partial charge in [-0.25, -0.2) is 0 Å². The molecule has 0 aromatic heterocycles. The van der Waals surface area contributed by atoms with E-state index >= 15 is 0 Å². The highest BCUT2D eigenvalue weighted by Crippen LogP contribution is 2.38. The van der Waals surface area contributed by atoms with Gasteiger partial charge in [-0.1, -0.05) is 41.8 Å². The largest absolute Gasteiger partial charge is 0.345 e. The molecule has 0 bridgehead atoms. The van der Waals surface area contributed by atoms with E-state index in [1.165, 1.54) is 6.07 Å².